The molecule has 13 heavy (non-hydrogen) atoms. The smallest absolute Gasteiger partial charge is 0.0250 e. The van der Waals surface area contributed by atoms with Gasteiger partial charge in [-0.05, 0) is 49.0 Å². The Kier molecular flexibility index (Phi) is 1.52. The summed E-state index contributed by atoms with van der Waals surface area (Å²) in [6.45, 7) is 0. The Hall–Kier alpha value is -0.780. The van der Waals surface area contributed by atoms with Crippen LogP contribution in [0.3, 0.4) is 0 Å². The molecule has 68 valence electrons. The third-order valence-electron chi connectivity index (χ3n) is 3.77. The van der Waals surface area contributed by atoms with Crippen molar-refractivity contribution >= 4 is 0 Å². The number of rotatable bonds is 2. The van der Waals surface area contributed by atoms with E-state index in [1.54, 1.807) is 0 Å². The van der Waals surface area contributed by atoms with Crippen molar-refractivity contribution in [3.63, 3.8) is 0 Å². The van der Waals surface area contributed by atoms with Gasteiger partial charge in [0, 0.05) is 0 Å². The molecule has 0 heteroatoms. The molecule has 0 atom stereocenters. The maximum absolute atomic E-state index is 2.26. The van der Waals surface area contributed by atoms with Crippen LogP contribution >= 0.6 is 0 Å². The average Bonchev–Trinajstić information content (AvgIpc) is 2.86. The molecule has 2 saturated carbocycles. The van der Waals surface area contributed by atoms with E-state index in [4.69, 9.17) is 0 Å². The van der Waals surface area contributed by atoms with Gasteiger partial charge in [0.1, 0.15) is 0 Å². The van der Waals surface area contributed by atoms with Crippen molar-refractivity contribution in [2.75, 3.05) is 0 Å². The average molecular weight is 172 g/mol. The molecule has 3 rings (SSSR count). The SMILES string of the molecule is c1ccc(CC2CC3(CC3)C2)cc1. The van der Waals surface area contributed by atoms with E-state index < -0.39 is 0 Å². The van der Waals surface area contributed by atoms with Crippen LogP contribution in [0.25, 0.3) is 0 Å². The zero-order chi connectivity index (χ0) is 8.73. The molecule has 0 aliphatic heterocycles. The predicted molar refractivity (Wildman–Crippen MR) is 54.5 cm³/mol. The highest BCUT2D eigenvalue weighted by Gasteiger charge is 2.52. The second kappa shape index (κ2) is 2.60. The summed E-state index contributed by atoms with van der Waals surface area (Å²) in [5, 5.41) is 0. The Morgan fingerprint density at radius 1 is 1.08 bits per heavy atom. The van der Waals surface area contributed by atoms with Gasteiger partial charge in [-0.1, -0.05) is 30.3 Å². The molecule has 0 unspecified atom stereocenters. The van der Waals surface area contributed by atoms with Crippen molar-refractivity contribution in [3.8, 4) is 0 Å². The first kappa shape index (κ1) is 7.61. The largest absolute Gasteiger partial charge is 0.0622 e. The fourth-order valence-corrected chi connectivity index (χ4v) is 2.84. The second-order valence-corrected chi connectivity index (χ2v) is 4.96. The Labute approximate surface area is 80.0 Å². The van der Waals surface area contributed by atoms with Gasteiger partial charge in [0.25, 0.3) is 0 Å². The Morgan fingerprint density at radius 2 is 1.77 bits per heavy atom. The summed E-state index contributed by atoms with van der Waals surface area (Å²) in [5.41, 5.74) is 2.41. The lowest BCUT2D eigenvalue weighted by Crippen LogP contribution is -2.26. The second-order valence-electron chi connectivity index (χ2n) is 4.96. The lowest BCUT2D eigenvalue weighted by Gasteiger charge is -2.36. The highest BCUT2D eigenvalue weighted by atomic mass is 14.6. The van der Waals surface area contributed by atoms with Crippen LogP contribution < -0.4 is 0 Å². The van der Waals surface area contributed by atoms with E-state index >= 15 is 0 Å². The summed E-state index contributed by atoms with van der Waals surface area (Å²) in [6.07, 6.45) is 7.41. The number of benzene rings is 1. The molecule has 1 aromatic rings. The standard InChI is InChI=1S/C13H16/c1-2-4-11(5-3-1)8-12-9-13(10-12)6-7-13/h1-5,12H,6-10H2. The minimum absolute atomic E-state index is 0.874. The summed E-state index contributed by atoms with van der Waals surface area (Å²) in [7, 11) is 0. The quantitative estimate of drug-likeness (QED) is 0.641. The fraction of sp³-hybridized carbons (Fsp3) is 0.538. The Bertz CT molecular complexity index is 287. The molecule has 1 aromatic carbocycles. The van der Waals surface area contributed by atoms with E-state index in [9.17, 15) is 0 Å². The van der Waals surface area contributed by atoms with Crippen molar-refractivity contribution in [1.29, 1.82) is 0 Å². The maximum Gasteiger partial charge on any atom is -0.0250 e. The first-order valence-corrected chi connectivity index (χ1v) is 5.40. The summed E-state index contributed by atoms with van der Waals surface area (Å²) in [4.78, 5) is 0. The van der Waals surface area contributed by atoms with Gasteiger partial charge in [0.15, 0.2) is 0 Å². The van der Waals surface area contributed by atoms with Gasteiger partial charge in [-0.3, -0.25) is 0 Å². The summed E-state index contributed by atoms with van der Waals surface area (Å²) >= 11 is 0. The lowest BCUT2D eigenvalue weighted by molar-refractivity contribution is 0.168. The van der Waals surface area contributed by atoms with Crippen molar-refractivity contribution in [1.82, 2.24) is 0 Å². The molecule has 2 aliphatic rings. The van der Waals surface area contributed by atoms with Crippen LogP contribution in [-0.2, 0) is 6.42 Å². The van der Waals surface area contributed by atoms with Crippen molar-refractivity contribution in [2.45, 2.75) is 32.1 Å². The van der Waals surface area contributed by atoms with Crippen molar-refractivity contribution < 1.29 is 0 Å². The molecule has 0 amide bonds. The van der Waals surface area contributed by atoms with Crippen LogP contribution in [0.15, 0.2) is 30.3 Å². The third kappa shape index (κ3) is 1.39. The van der Waals surface area contributed by atoms with Crippen LogP contribution in [0.2, 0.25) is 0 Å². The highest BCUT2D eigenvalue weighted by molar-refractivity contribution is 5.17. The van der Waals surface area contributed by atoms with Gasteiger partial charge < -0.3 is 0 Å². The van der Waals surface area contributed by atoms with Gasteiger partial charge in [0.2, 0.25) is 0 Å². The van der Waals surface area contributed by atoms with Crippen LogP contribution in [0, 0.1) is 11.3 Å². The molecular formula is C13H16. The molecule has 0 heterocycles. The molecule has 0 bridgehead atoms. The summed E-state index contributed by atoms with van der Waals surface area (Å²) in [5.74, 6) is 1.00. The van der Waals surface area contributed by atoms with E-state index in [2.05, 4.69) is 30.3 Å². The normalized spacial score (nSPS) is 24.3. The summed E-state index contributed by atoms with van der Waals surface area (Å²) in [6, 6.07) is 10.9. The molecule has 0 radical (unpaired) electrons. The van der Waals surface area contributed by atoms with Gasteiger partial charge in [-0.2, -0.15) is 0 Å². The Morgan fingerprint density at radius 3 is 2.38 bits per heavy atom. The number of hydrogen-bond acceptors (Lipinski definition) is 0. The third-order valence-corrected chi connectivity index (χ3v) is 3.77. The minimum atomic E-state index is 0.874. The van der Waals surface area contributed by atoms with E-state index in [0.29, 0.717) is 0 Å². The molecule has 0 nitrogen and oxygen atoms in total. The Balaban J connectivity index is 1.59. The molecule has 0 aromatic heterocycles. The molecular weight excluding hydrogens is 156 g/mol. The van der Waals surface area contributed by atoms with Crippen LogP contribution in [0.4, 0.5) is 0 Å². The van der Waals surface area contributed by atoms with Crippen LogP contribution in [-0.4, -0.2) is 0 Å². The molecule has 2 fully saturated rings. The van der Waals surface area contributed by atoms with Crippen LogP contribution in [0.5, 0.6) is 0 Å². The zero-order valence-corrected chi connectivity index (χ0v) is 8.00. The monoisotopic (exact) mass is 172 g/mol. The summed E-state index contributed by atoms with van der Waals surface area (Å²) < 4.78 is 0. The molecule has 0 saturated heterocycles. The van der Waals surface area contributed by atoms with Gasteiger partial charge in [-0.15, -0.1) is 0 Å². The van der Waals surface area contributed by atoms with E-state index in [1.807, 2.05) is 0 Å². The topological polar surface area (TPSA) is 0 Å². The van der Waals surface area contributed by atoms with Crippen molar-refractivity contribution in [2.24, 2.45) is 11.3 Å². The first-order valence-electron chi connectivity index (χ1n) is 5.40. The minimum Gasteiger partial charge on any atom is -0.0622 e. The van der Waals surface area contributed by atoms with E-state index in [-0.39, 0.29) is 0 Å². The molecule has 0 N–H and O–H groups in total. The zero-order valence-electron chi connectivity index (χ0n) is 8.00. The van der Waals surface area contributed by atoms with E-state index in [0.717, 1.165) is 11.3 Å². The van der Waals surface area contributed by atoms with E-state index in [1.165, 1.54) is 37.7 Å². The highest BCUT2D eigenvalue weighted by Crippen LogP contribution is 2.63. The van der Waals surface area contributed by atoms with Gasteiger partial charge >= 0.3 is 0 Å². The maximum atomic E-state index is 2.26. The first-order chi connectivity index (χ1) is 6.36. The molecule has 2 aliphatic carbocycles. The van der Waals surface area contributed by atoms with Gasteiger partial charge in [-0.25, -0.2) is 0 Å². The predicted octanol–water partition coefficient (Wildman–Crippen LogP) is 3.42. The lowest BCUT2D eigenvalue weighted by atomic mass is 9.69. The number of hydrogen-bond donors (Lipinski definition) is 0. The van der Waals surface area contributed by atoms with Crippen molar-refractivity contribution in [3.05, 3.63) is 35.9 Å². The molecule has 1 spiro atoms. The fourth-order valence-electron chi connectivity index (χ4n) is 2.84. The van der Waals surface area contributed by atoms with Gasteiger partial charge in [0.05, 0.1) is 0 Å². The van der Waals surface area contributed by atoms with Crippen LogP contribution in [0.1, 0.15) is 31.2 Å².